The van der Waals surface area contributed by atoms with Gasteiger partial charge in [-0.05, 0) is 79.3 Å². The van der Waals surface area contributed by atoms with Gasteiger partial charge in [-0.1, -0.05) is 52.0 Å². The minimum atomic E-state index is -0.508. The molecule has 1 N–H and O–H groups in total. The third-order valence-electron chi connectivity index (χ3n) is 8.76. The van der Waals surface area contributed by atoms with Crippen molar-refractivity contribution in [1.82, 2.24) is 0 Å². The van der Waals surface area contributed by atoms with Gasteiger partial charge in [0.2, 0.25) is 0 Å². The van der Waals surface area contributed by atoms with Crippen LogP contribution >= 0.6 is 0 Å². The molecule has 0 bridgehead atoms. The molecule has 3 saturated carbocycles. The average Bonchev–Trinajstić information content (AvgIpc) is 3.10. The maximum atomic E-state index is 12.2. The zero-order chi connectivity index (χ0) is 24.3. The molecule has 33 heavy (non-hydrogen) atoms. The topological polar surface area (TPSA) is 63.6 Å². The van der Waals surface area contributed by atoms with Crippen molar-refractivity contribution < 1.29 is 19.4 Å². The molecule has 0 aliphatic heterocycles. The summed E-state index contributed by atoms with van der Waals surface area (Å²) >= 11 is 0. The molecular weight excluding hydrogens is 412 g/mol. The summed E-state index contributed by atoms with van der Waals surface area (Å²) in [5.74, 6) is 2.01. The molecule has 3 aliphatic rings. The van der Waals surface area contributed by atoms with E-state index in [0.717, 1.165) is 24.0 Å². The van der Waals surface area contributed by atoms with E-state index < -0.39 is 12.2 Å². The summed E-state index contributed by atoms with van der Waals surface area (Å²) < 4.78 is 5.39. The zero-order valence-electron chi connectivity index (χ0n) is 21.4. The Hall–Kier alpha value is -1.68. The van der Waals surface area contributed by atoms with Crippen molar-refractivity contribution in [3.8, 4) is 0 Å². The molecule has 3 aliphatic carbocycles. The van der Waals surface area contributed by atoms with E-state index in [9.17, 15) is 14.7 Å². The van der Waals surface area contributed by atoms with Crippen molar-refractivity contribution in [3.05, 3.63) is 35.5 Å². The molecule has 0 aromatic rings. The number of Topliss-reactive ketones (excluding diaryl/α,β-unsaturated/α-hetero) is 1. The number of ether oxygens (including phenoxy) is 1. The van der Waals surface area contributed by atoms with Gasteiger partial charge in [-0.15, -0.1) is 0 Å². The van der Waals surface area contributed by atoms with Gasteiger partial charge in [-0.3, -0.25) is 9.59 Å². The molecule has 0 heterocycles. The Bertz CT molecular complexity index is 819. The Kier molecular flexibility index (Phi) is 8.42. The Balaban J connectivity index is 1.73. The summed E-state index contributed by atoms with van der Waals surface area (Å²) in [6.07, 6.45) is 12.2. The van der Waals surface area contributed by atoms with Crippen molar-refractivity contribution in [2.24, 2.45) is 29.1 Å². The van der Waals surface area contributed by atoms with Crippen LogP contribution < -0.4 is 0 Å². The Morgan fingerprint density at radius 1 is 1.24 bits per heavy atom. The average molecular weight is 457 g/mol. The third kappa shape index (κ3) is 5.88. The van der Waals surface area contributed by atoms with Gasteiger partial charge in [-0.25, -0.2) is 0 Å². The van der Waals surface area contributed by atoms with Crippen LogP contribution in [0.15, 0.2) is 35.5 Å². The fourth-order valence-corrected chi connectivity index (χ4v) is 6.84. The van der Waals surface area contributed by atoms with E-state index in [1.807, 2.05) is 13.8 Å². The standard InChI is InChI=1S/C29H44O4/c1-18(2)27(32)14-9-19(3)25-12-13-26-22(8-7-15-29(25,26)6)10-11-23-16-24(31)17-28(20(23)4)33-21(5)30/h10-11,18-19,24-26,28,31H,4,7-9,12-17H2,1-3,5-6H3/t19-,24-,25-,26?,28+,29-/m1/s1. The highest BCUT2D eigenvalue weighted by Crippen LogP contribution is 2.59. The van der Waals surface area contributed by atoms with Gasteiger partial charge in [0.15, 0.2) is 0 Å². The molecule has 6 atom stereocenters. The van der Waals surface area contributed by atoms with Gasteiger partial charge in [0, 0.05) is 25.7 Å². The van der Waals surface area contributed by atoms with Gasteiger partial charge >= 0.3 is 5.97 Å². The van der Waals surface area contributed by atoms with E-state index in [2.05, 4.69) is 32.6 Å². The predicted molar refractivity (Wildman–Crippen MR) is 133 cm³/mol. The lowest BCUT2D eigenvalue weighted by Gasteiger charge is -2.44. The minimum Gasteiger partial charge on any atom is -0.458 e. The van der Waals surface area contributed by atoms with Crippen LogP contribution in [0.2, 0.25) is 0 Å². The summed E-state index contributed by atoms with van der Waals surface area (Å²) in [4.78, 5) is 23.6. The van der Waals surface area contributed by atoms with Crippen molar-refractivity contribution >= 4 is 11.8 Å². The molecule has 0 saturated heterocycles. The number of allylic oxidation sites excluding steroid dienone is 3. The summed E-state index contributed by atoms with van der Waals surface area (Å²) in [5, 5.41) is 10.3. The van der Waals surface area contributed by atoms with E-state index in [0.29, 0.717) is 48.2 Å². The zero-order valence-corrected chi connectivity index (χ0v) is 21.4. The first-order chi connectivity index (χ1) is 15.5. The largest absolute Gasteiger partial charge is 0.458 e. The summed E-state index contributed by atoms with van der Waals surface area (Å²) in [7, 11) is 0. The highest BCUT2D eigenvalue weighted by atomic mass is 16.5. The molecule has 184 valence electrons. The predicted octanol–water partition coefficient (Wildman–Crippen LogP) is 6.34. The van der Waals surface area contributed by atoms with E-state index in [1.165, 1.54) is 38.2 Å². The maximum absolute atomic E-state index is 12.2. The molecule has 0 aromatic carbocycles. The molecular formula is C29H44O4. The van der Waals surface area contributed by atoms with Crippen molar-refractivity contribution in [2.45, 2.75) is 105 Å². The molecule has 3 fully saturated rings. The number of hydrogen-bond donors (Lipinski definition) is 1. The van der Waals surface area contributed by atoms with Crippen LogP contribution in [-0.4, -0.2) is 29.1 Å². The molecule has 0 amide bonds. The van der Waals surface area contributed by atoms with E-state index in [1.54, 1.807) is 0 Å². The highest BCUT2D eigenvalue weighted by molar-refractivity contribution is 5.80. The number of ketones is 1. The molecule has 0 radical (unpaired) electrons. The molecule has 1 unspecified atom stereocenters. The number of carbonyl (C=O) groups is 2. The number of aliphatic hydroxyl groups is 1. The van der Waals surface area contributed by atoms with Gasteiger partial charge < -0.3 is 9.84 Å². The molecule has 4 nitrogen and oxygen atoms in total. The molecule has 0 spiro atoms. The number of fused-ring (bicyclic) bond motifs is 1. The van der Waals surface area contributed by atoms with Crippen LogP contribution in [0, 0.1) is 29.1 Å². The van der Waals surface area contributed by atoms with Crippen molar-refractivity contribution in [2.75, 3.05) is 0 Å². The van der Waals surface area contributed by atoms with Gasteiger partial charge in [0.05, 0.1) is 6.10 Å². The van der Waals surface area contributed by atoms with Gasteiger partial charge in [0.25, 0.3) is 0 Å². The van der Waals surface area contributed by atoms with Crippen LogP contribution in [0.1, 0.15) is 92.4 Å². The first kappa shape index (κ1) is 25.9. The number of carbonyl (C=O) groups excluding carboxylic acids is 2. The first-order valence-corrected chi connectivity index (χ1v) is 13.0. The number of rotatable bonds is 7. The lowest BCUT2D eigenvalue weighted by Crippen LogP contribution is -2.36. The van der Waals surface area contributed by atoms with Gasteiger partial charge in [0.1, 0.15) is 11.9 Å². The smallest absolute Gasteiger partial charge is 0.303 e. The van der Waals surface area contributed by atoms with Crippen LogP contribution in [0.5, 0.6) is 0 Å². The fraction of sp³-hybridized carbons (Fsp3) is 0.724. The van der Waals surface area contributed by atoms with Gasteiger partial charge in [-0.2, -0.15) is 0 Å². The van der Waals surface area contributed by atoms with Crippen LogP contribution in [0.3, 0.4) is 0 Å². The molecule has 3 rings (SSSR count). The fourth-order valence-electron chi connectivity index (χ4n) is 6.84. The number of esters is 1. The quantitative estimate of drug-likeness (QED) is 0.454. The summed E-state index contributed by atoms with van der Waals surface area (Å²) in [6.45, 7) is 14.4. The molecule has 0 aromatic heterocycles. The Morgan fingerprint density at radius 2 is 1.97 bits per heavy atom. The van der Waals surface area contributed by atoms with E-state index in [4.69, 9.17) is 4.74 Å². The van der Waals surface area contributed by atoms with Crippen molar-refractivity contribution in [3.63, 3.8) is 0 Å². The minimum absolute atomic E-state index is 0.134. The normalized spacial score (nSPS) is 35.7. The highest BCUT2D eigenvalue weighted by Gasteiger charge is 2.50. The summed E-state index contributed by atoms with van der Waals surface area (Å²) in [6, 6.07) is 0. The second kappa shape index (κ2) is 10.7. The maximum Gasteiger partial charge on any atom is 0.303 e. The third-order valence-corrected chi connectivity index (χ3v) is 8.76. The second-order valence-electron chi connectivity index (χ2n) is 11.4. The van der Waals surface area contributed by atoms with E-state index in [-0.39, 0.29) is 11.9 Å². The number of hydrogen-bond acceptors (Lipinski definition) is 4. The monoisotopic (exact) mass is 456 g/mol. The van der Waals surface area contributed by atoms with Crippen LogP contribution in [-0.2, 0) is 14.3 Å². The van der Waals surface area contributed by atoms with Crippen LogP contribution in [0.4, 0.5) is 0 Å². The first-order valence-electron chi connectivity index (χ1n) is 13.0. The second-order valence-corrected chi connectivity index (χ2v) is 11.4. The molecule has 4 heteroatoms. The Morgan fingerprint density at radius 3 is 2.64 bits per heavy atom. The summed E-state index contributed by atoms with van der Waals surface area (Å²) in [5.41, 5.74) is 3.63. The number of aliphatic hydroxyl groups excluding tert-OH is 1. The SMILES string of the molecule is C=C1C(=CC=C2CCC[C@@]3(C)C2CC[C@@H]3[C@H](C)CCC(=O)C(C)C)C[C@@H](O)C[C@@H]1OC(C)=O. The van der Waals surface area contributed by atoms with Crippen LogP contribution in [0.25, 0.3) is 0 Å². The Labute approximate surface area is 200 Å². The lowest BCUT2D eigenvalue weighted by atomic mass is 9.60. The van der Waals surface area contributed by atoms with E-state index >= 15 is 0 Å². The lowest BCUT2D eigenvalue weighted by molar-refractivity contribution is -0.146. The van der Waals surface area contributed by atoms with Crippen molar-refractivity contribution in [1.29, 1.82) is 0 Å².